The second kappa shape index (κ2) is 7.46. The van der Waals surface area contributed by atoms with Crippen LogP contribution in [0.4, 0.5) is 0 Å². The predicted octanol–water partition coefficient (Wildman–Crippen LogP) is 1.07. The fraction of sp³-hybridized carbons (Fsp3) is 0.529. The van der Waals surface area contributed by atoms with Crippen molar-refractivity contribution in [1.29, 1.82) is 0 Å². The number of benzene rings is 1. The minimum atomic E-state index is -0.760. The van der Waals surface area contributed by atoms with E-state index < -0.39 is 5.54 Å². The first kappa shape index (κ1) is 17.3. The van der Waals surface area contributed by atoms with Gasteiger partial charge in [-0.05, 0) is 30.5 Å². The van der Waals surface area contributed by atoms with Gasteiger partial charge in [-0.3, -0.25) is 9.59 Å². The Kier molecular flexibility index (Phi) is 5.60. The molecule has 2 N–H and O–H groups in total. The summed E-state index contributed by atoms with van der Waals surface area (Å²) in [6.45, 7) is 2.26. The topological polar surface area (TPSA) is 78.9 Å². The van der Waals surface area contributed by atoms with Crippen LogP contribution >= 0.6 is 0 Å². The van der Waals surface area contributed by atoms with Crippen LogP contribution in [0.5, 0.6) is 5.75 Å². The van der Waals surface area contributed by atoms with Crippen molar-refractivity contribution in [2.75, 3.05) is 20.3 Å². The van der Waals surface area contributed by atoms with Crippen LogP contribution in [-0.2, 0) is 16.1 Å². The van der Waals surface area contributed by atoms with Crippen LogP contribution in [0.3, 0.4) is 0 Å². The van der Waals surface area contributed by atoms with Gasteiger partial charge in [0.1, 0.15) is 5.75 Å². The molecule has 1 aliphatic heterocycles. The van der Waals surface area contributed by atoms with E-state index in [4.69, 9.17) is 4.74 Å². The van der Waals surface area contributed by atoms with Crippen molar-refractivity contribution in [2.24, 2.45) is 0 Å². The van der Waals surface area contributed by atoms with Crippen LogP contribution in [0.1, 0.15) is 31.7 Å². The summed E-state index contributed by atoms with van der Waals surface area (Å²) in [4.78, 5) is 25.6. The molecule has 1 saturated heterocycles. The molecule has 0 aromatic heterocycles. The molecule has 1 atom stereocenters. The van der Waals surface area contributed by atoms with Crippen LogP contribution in [0.25, 0.3) is 0 Å². The number of hydrogen-bond donors (Lipinski definition) is 2. The summed E-state index contributed by atoms with van der Waals surface area (Å²) in [6, 6.07) is 7.47. The van der Waals surface area contributed by atoms with Crippen molar-refractivity contribution >= 4 is 11.8 Å². The van der Waals surface area contributed by atoms with Crippen LogP contribution in [0.15, 0.2) is 24.3 Å². The molecule has 1 aromatic rings. The van der Waals surface area contributed by atoms with E-state index in [1.165, 1.54) is 6.92 Å². The molecule has 0 saturated carbocycles. The van der Waals surface area contributed by atoms with Crippen LogP contribution in [-0.4, -0.2) is 47.6 Å². The molecule has 6 heteroatoms. The number of methoxy groups -OCH3 is 1. The molecule has 2 rings (SSSR count). The molecule has 0 bridgehead atoms. The lowest BCUT2D eigenvalue weighted by atomic mass is 9.92. The van der Waals surface area contributed by atoms with Gasteiger partial charge >= 0.3 is 0 Å². The average Bonchev–Trinajstić information content (AvgIpc) is 2.97. The Labute approximate surface area is 136 Å². The minimum Gasteiger partial charge on any atom is -0.497 e. The Morgan fingerprint density at radius 1 is 1.43 bits per heavy atom. The number of aliphatic hydroxyl groups excluding tert-OH is 1. The predicted molar refractivity (Wildman–Crippen MR) is 85.9 cm³/mol. The standard InChI is InChI=1S/C17H24N2O4/c1-13(21)19-8-4-7-17(19,12-20)10-16(22)18-11-14-5-3-6-15(9-14)23-2/h3,5-6,9,20H,4,7-8,10-12H2,1-2H3,(H,18,22)/t17-/m1/s1. The van der Waals surface area contributed by atoms with E-state index in [0.717, 1.165) is 17.7 Å². The van der Waals surface area contributed by atoms with Gasteiger partial charge in [0.25, 0.3) is 0 Å². The highest BCUT2D eigenvalue weighted by atomic mass is 16.5. The third kappa shape index (κ3) is 4.01. The van der Waals surface area contributed by atoms with Gasteiger partial charge in [0, 0.05) is 20.0 Å². The van der Waals surface area contributed by atoms with Crippen molar-refractivity contribution in [3.63, 3.8) is 0 Å². The van der Waals surface area contributed by atoms with E-state index in [0.29, 0.717) is 19.5 Å². The number of nitrogens with zero attached hydrogens (tertiary/aromatic N) is 1. The Bertz CT molecular complexity index is 575. The molecule has 1 aromatic carbocycles. The Morgan fingerprint density at radius 2 is 2.22 bits per heavy atom. The third-order valence-corrected chi connectivity index (χ3v) is 4.38. The number of amides is 2. The molecule has 1 aliphatic rings. The van der Waals surface area contributed by atoms with Gasteiger partial charge in [-0.1, -0.05) is 12.1 Å². The molecule has 0 radical (unpaired) electrons. The van der Waals surface area contributed by atoms with E-state index in [9.17, 15) is 14.7 Å². The largest absolute Gasteiger partial charge is 0.497 e. The van der Waals surface area contributed by atoms with Crippen molar-refractivity contribution in [3.8, 4) is 5.75 Å². The summed E-state index contributed by atoms with van der Waals surface area (Å²) in [7, 11) is 1.60. The normalized spacial score (nSPS) is 20.4. The lowest BCUT2D eigenvalue weighted by Gasteiger charge is -2.36. The maximum atomic E-state index is 12.3. The lowest BCUT2D eigenvalue weighted by Crippen LogP contribution is -2.51. The lowest BCUT2D eigenvalue weighted by molar-refractivity contribution is -0.137. The Balaban J connectivity index is 1.96. The van der Waals surface area contributed by atoms with Gasteiger partial charge < -0.3 is 20.1 Å². The van der Waals surface area contributed by atoms with E-state index in [1.807, 2.05) is 24.3 Å². The molecule has 126 valence electrons. The van der Waals surface area contributed by atoms with E-state index in [-0.39, 0.29) is 24.8 Å². The smallest absolute Gasteiger partial charge is 0.222 e. The zero-order valence-electron chi connectivity index (χ0n) is 13.7. The summed E-state index contributed by atoms with van der Waals surface area (Å²) in [5.74, 6) is 0.467. The first-order valence-electron chi connectivity index (χ1n) is 7.79. The van der Waals surface area contributed by atoms with Gasteiger partial charge in [-0.2, -0.15) is 0 Å². The molecule has 0 spiro atoms. The van der Waals surface area contributed by atoms with Crippen molar-refractivity contribution in [3.05, 3.63) is 29.8 Å². The van der Waals surface area contributed by atoms with Crippen LogP contribution in [0.2, 0.25) is 0 Å². The fourth-order valence-electron chi connectivity index (χ4n) is 3.18. The number of ether oxygens (including phenoxy) is 1. The number of carbonyl (C=O) groups is 2. The molecule has 6 nitrogen and oxygen atoms in total. The molecule has 23 heavy (non-hydrogen) atoms. The Hall–Kier alpha value is -2.08. The first-order chi connectivity index (χ1) is 11.0. The van der Waals surface area contributed by atoms with E-state index in [1.54, 1.807) is 12.0 Å². The molecule has 0 unspecified atom stereocenters. The highest BCUT2D eigenvalue weighted by molar-refractivity contribution is 5.80. The minimum absolute atomic E-state index is 0.0999. The third-order valence-electron chi connectivity index (χ3n) is 4.38. The summed E-state index contributed by atoms with van der Waals surface area (Å²) in [6.07, 6.45) is 1.58. The average molecular weight is 320 g/mol. The molecule has 0 aliphatic carbocycles. The highest BCUT2D eigenvalue weighted by Crippen LogP contribution is 2.32. The number of likely N-dealkylation sites (tertiary alicyclic amines) is 1. The van der Waals surface area contributed by atoms with Gasteiger partial charge in [0.15, 0.2) is 0 Å². The number of rotatable bonds is 6. The summed E-state index contributed by atoms with van der Waals surface area (Å²) in [5.41, 5.74) is 0.176. The maximum absolute atomic E-state index is 12.3. The van der Waals surface area contributed by atoms with Crippen molar-refractivity contribution in [2.45, 2.75) is 38.3 Å². The Morgan fingerprint density at radius 3 is 2.87 bits per heavy atom. The second-order valence-electron chi connectivity index (χ2n) is 5.96. The van der Waals surface area contributed by atoms with Crippen molar-refractivity contribution < 1.29 is 19.4 Å². The fourth-order valence-corrected chi connectivity index (χ4v) is 3.18. The van der Waals surface area contributed by atoms with Gasteiger partial charge in [0.05, 0.1) is 25.7 Å². The van der Waals surface area contributed by atoms with Crippen LogP contribution < -0.4 is 10.1 Å². The molecule has 1 fully saturated rings. The van der Waals surface area contributed by atoms with E-state index >= 15 is 0 Å². The molecular weight excluding hydrogens is 296 g/mol. The second-order valence-corrected chi connectivity index (χ2v) is 5.96. The number of aliphatic hydroxyl groups is 1. The number of carbonyl (C=O) groups excluding carboxylic acids is 2. The first-order valence-corrected chi connectivity index (χ1v) is 7.79. The maximum Gasteiger partial charge on any atom is 0.222 e. The van der Waals surface area contributed by atoms with Gasteiger partial charge in [-0.25, -0.2) is 0 Å². The van der Waals surface area contributed by atoms with Gasteiger partial charge in [0.2, 0.25) is 11.8 Å². The van der Waals surface area contributed by atoms with Crippen molar-refractivity contribution in [1.82, 2.24) is 10.2 Å². The zero-order valence-corrected chi connectivity index (χ0v) is 13.7. The highest BCUT2D eigenvalue weighted by Gasteiger charge is 2.43. The number of hydrogen-bond acceptors (Lipinski definition) is 4. The van der Waals surface area contributed by atoms with E-state index in [2.05, 4.69) is 5.32 Å². The SMILES string of the molecule is COc1cccc(CNC(=O)C[C@@]2(CO)CCCN2C(C)=O)c1. The molecule has 1 heterocycles. The van der Waals surface area contributed by atoms with Crippen LogP contribution in [0, 0.1) is 0 Å². The summed E-state index contributed by atoms with van der Waals surface area (Å²) < 4.78 is 5.15. The quantitative estimate of drug-likeness (QED) is 0.822. The zero-order chi connectivity index (χ0) is 16.9. The van der Waals surface area contributed by atoms with Gasteiger partial charge in [-0.15, -0.1) is 0 Å². The molecular formula is C17H24N2O4. The number of nitrogens with one attached hydrogen (secondary N) is 1. The summed E-state index contributed by atoms with van der Waals surface area (Å²) in [5, 5.41) is 12.6. The monoisotopic (exact) mass is 320 g/mol. The molecule has 2 amide bonds. The summed E-state index contributed by atoms with van der Waals surface area (Å²) >= 11 is 0.